The maximum atomic E-state index is 12.1. The fraction of sp³-hybridized carbons (Fsp3) is 0.640. The Balaban J connectivity index is 2.06. The molecule has 34 heavy (non-hydrogen) atoms. The molecule has 9 nitrogen and oxygen atoms in total. The average molecular weight is 479 g/mol. The molecule has 3 rings (SSSR count). The van der Waals surface area contributed by atoms with Crippen molar-refractivity contribution in [2.75, 3.05) is 7.11 Å². The lowest BCUT2D eigenvalue weighted by molar-refractivity contribution is -0.245. The van der Waals surface area contributed by atoms with Crippen LogP contribution in [0.4, 0.5) is 0 Å². The van der Waals surface area contributed by atoms with E-state index in [0.717, 1.165) is 24.8 Å². The van der Waals surface area contributed by atoms with Crippen LogP contribution >= 0.6 is 0 Å². The second-order valence-corrected chi connectivity index (χ2v) is 9.00. The zero-order valence-corrected chi connectivity index (χ0v) is 20.3. The zero-order chi connectivity index (χ0) is 25.0. The molecule has 0 spiro atoms. The lowest BCUT2D eigenvalue weighted by Gasteiger charge is -2.44. The molecular formula is C25H34O9. The molecule has 1 N–H and O–H groups in total. The standard InChI is InChI=1S/C25H34O9/c1-13-22(32-14(2)26)24(33-15(3)27)25(34-16(4)28)23(31-13)20-12-18(9-10-21(20)30-5)17-7-6-8-19(29)11-17/h9-10,12-13,17,19,22-25,29H,6-8,11H2,1-5H3/t13-,17?,19?,22+,23+,24+,25+/m1/s1. The molecule has 2 aliphatic rings. The minimum Gasteiger partial charge on any atom is -0.496 e. The highest BCUT2D eigenvalue weighted by molar-refractivity contribution is 5.68. The third-order valence-corrected chi connectivity index (χ3v) is 6.35. The summed E-state index contributed by atoms with van der Waals surface area (Å²) < 4.78 is 28.4. The Hall–Kier alpha value is -2.65. The molecule has 1 saturated heterocycles. The Morgan fingerprint density at radius 2 is 1.56 bits per heavy atom. The number of hydrogen-bond acceptors (Lipinski definition) is 9. The van der Waals surface area contributed by atoms with Gasteiger partial charge in [0.05, 0.1) is 19.3 Å². The minimum atomic E-state index is -1.08. The monoisotopic (exact) mass is 478 g/mol. The third kappa shape index (κ3) is 6.07. The number of benzene rings is 1. The van der Waals surface area contributed by atoms with E-state index in [1.165, 1.54) is 27.9 Å². The average Bonchev–Trinajstić information content (AvgIpc) is 2.76. The highest BCUT2D eigenvalue weighted by Gasteiger charge is 2.51. The zero-order valence-electron chi connectivity index (χ0n) is 20.3. The molecule has 0 radical (unpaired) electrons. The number of rotatable bonds is 6. The molecule has 1 saturated carbocycles. The van der Waals surface area contributed by atoms with Crippen molar-refractivity contribution < 1.29 is 43.2 Å². The number of methoxy groups -OCH3 is 1. The number of carbonyl (C=O) groups excluding carboxylic acids is 3. The van der Waals surface area contributed by atoms with Gasteiger partial charge in [-0.25, -0.2) is 0 Å². The van der Waals surface area contributed by atoms with E-state index in [1.807, 2.05) is 18.2 Å². The molecule has 1 heterocycles. The van der Waals surface area contributed by atoms with Crippen molar-refractivity contribution in [1.82, 2.24) is 0 Å². The van der Waals surface area contributed by atoms with Crippen molar-refractivity contribution in [2.45, 2.75) is 95.9 Å². The van der Waals surface area contributed by atoms with Crippen LogP contribution in [0.2, 0.25) is 0 Å². The summed E-state index contributed by atoms with van der Waals surface area (Å²) >= 11 is 0. The van der Waals surface area contributed by atoms with Gasteiger partial charge in [0.2, 0.25) is 0 Å². The van der Waals surface area contributed by atoms with E-state index in [4.69, 9.17) is 23.7 Å². The van der Waals surface area contributed by atoms with E-state index in [1.54, 1.807) is 6.92 Å². The van der Waals surface area contributed by atoms with Crippen molar-refractivity contribution in [1.29, 1.82) is 0 Å². The summed E-state index contributed by atoms with van der Waals surface area (Å²) in [6.07, 6.45) is -1.67. The summed E-state index contributed by atoms with van der Waals surface area (Å²) in [5, 5.41) is 10.2. The number of esters is 3. The van der Waals surface area contributed by atoms with Crippen molar-refractivity contribution in [3.05, 3.63) is 29.3 Å². The summed E-state index contributed by atoms with van der Waals surface area (Å²) in [5.41, 5.74) is 1.63. The molecule has 1 aliphatic carbocycles. The Morgan fingerprint density at radius 1 is 0.941 bits per heavy atom. The number of hydrogen-bond donors (Lipinski definition) is 1. The number of aliphatic hydroxyl groups excluding tert-OH is 1. The fourth-order valence-corrected chi connectivity index (χ4v) is 4.96. The number of ether oxygens (including phenoxy) is 5. The molecule has 0 aromatic heterocycles. The fourth-order valence-electron chi connectivity index (χ4n) is 4.96. The van der Waals surface area contributed by atoms with Crippen LogP contribution in [0.3, 0.4) is 0 Å². The van der Waals surface area contributed by atoms with Crippen LogP contribution in [-0.2, 0) is 33.3 Å². The van der Waals surface area contributed by atoms with Gasteiger partial charge < -0.3 is 28.8 Å². The van der Waals surface area contributed by atoms with Gasteiger partial charge >= 0.3 is 17.9 Å². The van der Waals surface area contributed by atoms with Crippen molar-refractivity contribution >= 4 is 17.9 Å². The highest BCUT2D eigenvalue weighted by atomic mass is 16.6. The largest absolute Gasteiger partial charge is 0.496 e. The smallest absolute Gasteiger partial charge is 0.303 e. The highest BCUT2D eigenvalue weighted by Crippen LogP contribution is 2.43. The Labute approximate surface area is 199 Å². The first kappa shape index (κ1) is 26.0. The minimum absolute atomic E-state index is 0.166. The molecule has 0 amide bonds. The molecule has 188 valence electrons. The summed E-state index contributed by atoms with van der Waals surface area (Å²) in [4.78, 5) is 35.7. The van der Waals surface area contributed by atoms with E-state index in [2.05, 4.69) is 0 Å². The van der Waals surface area contributed by atoms with Crippen molar-refractivity contribution in [3.8, 4) is 5.75 Å². The molecule has 1 aromatic carbocycles. The molecule has 9 heteroatoms. The van der Waals surface area contributed by atoms with E-state index in [-0.39, 0.29) is 12.0 Å². The van der Waals surface area contributed by atoms with Gasteiger partial charge in [-0.2, -0.15) is 0 Å². The van der Waals surface area contributed by atoms with E-state index in [9.17, 15) is 19.5 Å². The lowest BCUT2D eigenvalue weighted by atomic mass is 9.81. The Bertz CT molecular complexity index is 898. The number of carbonyl (C=O) groups is 3. The summed E-state index contributed by atoms with van der Waals surface area (Å²) in [7, 11) is 1.53. The first-order valence-corrected chi connectivity index (χ1v) is 11.6. The van der Waals surface area contributed by atoms with Gasteiger partial charge in [-0.05, 0) is 49.8 Å². The van der Waals surface area contributed by atoms with Crippen LogP contribution in [0.1, 0.15) is 76.5 Å². The summed E-state index contributed by atoms with van der Waals surface area (Å²) in [6.45, 7) is 5.43. The predicted octanol–water partition coefficient (Wildman–Crippen LogP) is 2.97. The van der Waals surface area contributed by atoms with Gasteiger partial charge in [0.15, 0.2) is 18.3 Å². The van der Waals surface area contributed by atoms with Gasteiger partial charge in [-0.3, -0.25) is 14.4 Å². The van der Waals surface area contributed by atoms with Crippen LogP contribution in [0.15, 0.2) is 18.2 Å². The topological polar surface area (TPSA) is 118 Å². The van der Waals surface area contributed by atoms with Crippen LogP contribution in [0, 0.1) is 0 Å². The van der Waals surface area contributed by atoms with Crippen molar-refractivity contribution in [3.63, 3.8) is 0 Å². The van der Waals surface area contributed by atoms with E-state index in [0.29, 0.717) is 17.7 Å². The van der Waals surface area contributed by atoms with Crippen LogP contribution in [-0.4, -0.2) is 60.6 Å². The van der Waals surface area contributed by atoms with E-state index >= 15 is 0 Å². The molecule has 0 bridgehead atoms. The molecule has 1 aliphatic heterocycles. The molecule has 2 unspecified atom stereocenters. The lowest BCUT2D eigenvalue weighted by Crippen LogP contribution is -2.57. The van der Waals surface area contributed by atoms with Gasteiger partial charge in [0.1, 0.15) is 11.9 Å². The van der Waals surface area contributed by atoms with Gasteiger partial charge in [-0.15, -0.1) is 0 Å². The normalized spacial score (nSPS) is 31.3. The summed E-state index contributed by atoms with van der Waals surface area (Å²) in [6, 6.07) is 5.72. The van der Waals surface area contributed by atoms with Crippen LogP contribution < -0.4 is 4.74 Å². The van der Waals surface area contributed by atoms with Gasteiger partial charge in [0.25, 0.3) is 0 Å². The Morgan fingerprint density at radius 3 is 2.15 bits per heavy atom. The molecule has 1 aromatic rings. The quantitative estimate of drug-likeness (QED) is 0.486. The second kappa shape index (κ2) is 11.2. The number of aliphatic hydroxyl groups is 1. The first-order chi connectivity index (χ1) is 16.1. The third-order valence-electron chi connectivity index (χ3n) is 6.35. The predicted molar refractivity (Wildman–Crippen MR) is 120 cm³/mol. The summed E-state index contributed by atoms with van der Waals surface area (Å²) in [5.74, 6) is -1.10. The Kier molecular flexibility index (Phi) is 8.54. The molecular weight excluding hydrogens is 444 g/mol. The molecule has 7 atom stereocenters. The van der Waals surface area contributed by atoms with Crippen LogP contribution in [0.5, 0.6) is 5.75 Å². The van der Waals surface area contributed by atoms with Gasteiger partial charge in [-0.1, -0.05) is 12.5 Å². The van der Waals surface area contributed by atoms with Crippen molar-refractivity contribution in [2.24, 2.45) is 0 Å². The van der Waals surface area contributed by atoms with Gasteiger partial charge in [0, 0.05) is 26.3 Å². The van der Waals surface area contributed by atoms with Crippen LogP contribution in [0.25, 0.3) is 0 Å². The SMILES string of the molecule is COc1ccc(C2CCCC(O)C2)cc1[C@@H]1O[C@H](C)[C@H](OC(C)=O)[C@H](OC(C)=O)[C@H]1OC(C)=O. The van der Waals surface area contributed by atoms with E-state index < -0.39 is 48.4 Å². The maximum absolute atomic E-state index is 12.1. The second-order valence-electron chi connectivity index (χ2n) is 9.00. The maximum Gasteiger partial charge on any atom is 0.303 e. The first-order valence-electron chi connectivity index (χ1n) is 11.6. The molecule has 2 fully saturated rings.